The van der Waals surface area contributed by atoms with Gasteiger partial charge in [-0.05, 0) is 43.9 Å². The van der Waals surface area contributed by atoms with Crippen molar-refractivity contribution < 1.29 is 14.3 Å². The molecule has 0 saturated carbocycles. The molecular formula is C28H31N3O3S. The molecule has 1 fully saturated rings. The Hall–Kier alpha value is -3.45. The summed E-state index contributed by atoms with van der Waals surface area (Å²) in [7, 11) is 1.61. The maximum atomic E-state index is 13.1. The van der Waals surface area contributed by atoms with Crippen molar-refractivity contribution in [2.24, 2.45) is 0 Å². The fraction of sp³-hybridized carbons (Fsp3) is 0.321. The van der Waals surface area contributed by atoms with Crippen LogP contribution in [0.15, 0.2) is 66.1 Å². The van der Waals surface area contributed by atoms with Gasteiger partial charge < -0.3 is 15.0 Å². The molecule has 6 nitrogen and oxygen atoms in total. The molecule has 0 aliphatic carbocycles. The third-order valence-corrected chi connectivity index (χ3v) is 7.28. The summed E-state index contributed by atoms with van der Waals surface area (Å²) in [6.45, 7) is 3.45. The second-order valence-corrected chi connectivity index (χ2v) is 9.46. The van der Waals surface area contributed by atoms with Gasteiger partial charge in [-0.25, -0.2) is 4.98 Å². The average molecular weight is 490 g/mol. The highest BCUT2D eigenvalue weighted by Gasteiger charge is 2.26. The SMILES string of the molecule is C/C=C/CCC(=O)N1CCC(c2nc(C(=O)Nc3cc(OC)ccc3-c3ccccc3)cs2)CC1. The van der Waals surface area contributed by atoms with E-state index in [4.69, 9.17) is 4.74 Å². The molecule has 1 aromatic heterocycles. The summed E-state index contributed by atoms with van der Waals surface area (Å²) in [5.41, 5.74) is 3.02. The van der Waals surface area contributed by atoms with E-state index in [1.54, 1.807) is 7.11 Å². The van der Waals surface area contributed by atoms with Gasteiger partial charge in [0.05, 0.1) is 17.8 Å². The molecule has 2 aromatic carbocycles. The zero-order valence-electron chi connectivity index (χ0n) is 20.2. The number of benzene rings is 2. The van der Waals surface area contributed by atoms with Gasteiger partial charge in [0.15, 0.2) is 0 Å². The maximum absolute atomic E-state index is 13.1. The van der Waals surface area contributed by atoms with Gasteiger partial charge in [-0.3, -0.25) is 9.59 Å². The van der Waals surface area contributed by atoms with Crippen LogP contribution >= 0.6 is 11.3 Å². The third kappa shape index (κ3) is 6.17. The van der Waals surface area contributed by atoms with Crippen LogP contribution < -0.4 is 10.1 Å². The number of anilines is 1. The number of piperidine rings is 1. The molecular weight excluding hydrogens is 458 g/mol. The highest BCUT2D eigenvalue weighted by molar-refractivity contribution is 7.10. The first-order valence-corrected chi connectivity index (χ1v) is 12.9. The van der Waals surface area contributed by atoms with Crippen molar-refractivity contribution in [3.63, 3.8) is 0 Å². The monoisotopic (exact) mass is 489 g/mol. The Kier molecular flexibility index (Phi) is 8.32. The number of nitrogens with one attached hydrogen (secondary N) is 1. The summed E-state index contributed by atoms with van der Waals surface area (Å²) in [6, 6.07) is 15.6. The molecule has 1 aliphatic heterocycles. The van der Waals surface area contributed by atoms with Gasteiger partial charge >= 0.3 is 0 Å². The van der Waals surface area contributed by atoms with Crippen LogP contribution in [0.25, 0.3) is 11.1 Å². The molecule has 1 N–H and O–H groups in total. The first-order chi connectivity index (χ1) is 17.1. The highest BCUT2D eigenvalue weighted by Crippen LogP contribution is 2.33. The molecule has 3 aromatic rings. The van der Waals surface area contributed by atoms with Crippen molar-refractivity contribution in [2.45, 2.75) is 38.5 Å². The number of aromatic nitrogens is 1. The number of allylic oxidation sites excluding steroid dienone is 2. The van der Waals surface area contributed by atoms with Gasteiger partial charge in [-0.15, -0.1) is 11.3 Å². The van der Waals surface area contributed by atoms with Gasteiger partial charge in [0.1, 0.15) is 11.4 Å². The first-order valence-electron chi connectivity index (χ1n) is 12.0. The van der Waals surface area contributed by atoms with Crippen molar-refractivity contribution >= 4 is 28.8 Å². The second-order valence-electron chi connectivity index (χ2n) is 8.57. The first kappa shape index (κ1) is 24.7. The molecule has 182 valence electrons. The quantitative estimate of drug-likeness (QED) is 0.386. The molecule has 0 bridgehead atoms. The van der Waals surface area contributed by atoms with Crippen molar-refractivity contribution in [3.05, 3.63) is 76.8 Å². The van der Waals surface area contributed by atoms with Crippen LogP contribution in [0.5, 0.6) is 5.75 Å². The van der Waals surface area contributed by atoms with E-state index < -0.39 is 0 Å². The average Bonchev–Trinajstić information content (AvgIpc) is 3.40. The number of likely N-dealkylation sites (tertiary alicyclic amines) is 1. The molecule has 1 saturated heterocycles. The number of hydrogen-bond acceptors (Lipinski definition) is 5. The van der Waals surface area contributed by atoms with Crippen LogP contribution in [0.1, 0.15) is 54.0 Å². The summed E-state index contributed by atoms with van der Waals surface area (Å²) in [5.74, 6) is 0.923. The normalized spacial score (nSPS) is 14.3. The Bertz CT molecular complexity index is 1180. The Labute approximate surface area is 210 Å². The Balaban J connectivity index is 1.41. The zero-order valence-corrected chi connectivity index (χ0v) is 21.0. The summed E-state index contributed by atoms with van der Waals surface area (Å²) in [4.78, 5) is 32.1. The summed E-state index contributed by atoms with van der Waals surface area (Å²) < 4.78 is 5.37. The van der Waals surface area contributed by atoms with Crippen LogP contribution in [0, 0.1) is 0 Å². The minimum absolute atomic E-state index is 0.216. The molecule has 0 spiro atoms. The summed E-state index contributed by atoms with van der Waals surface area (Å²) in [6.07, 6.45) is 7.11. The number of rotatable bonds is 8. The molecule has 0 unspecified atom stereocenters. The predicted octanol–water partition coefficient (Wildman–Crippen LogP) is 6.13. The fourth-order valence-corrected chi connectivity index (χ4v) is 5.27. The number of ether oxygens (including phenoxy) is 1. The molecule has 0 atom stereocenters. The van der Waals surface area contributed by atoms with Gasteiger partial charge in [0.2, 0.25) is 5.91 Å². The van der Waals surface area contributed by atoms with E-state index in [0.29, 0.717) is 23.6 Å². The van der Waals surface area contributed by atoms with E-state index in [2.05, 4.69) is 10.3 Å². The number of hydrogen-bond donors (Lipinski definition) is 1. The molecule has 1 aliphatic rings. The standard InChI is InChI=1S/C28H31N3O3S/c1-3-4-6-11-26(32)31-16-14-21(15-17-31)28-30-25(19-35-28)27(33)29-24-18-22(34-2)12-13-23(24)20-9-7-5-8-10-20/h3-5,7-10,12-13,18-19,21H,6,11,14-17H2,1-2H3,(H,29,33)/b4-3+. The van der Waals surface area contributed by atoms with Gasteiger partial charge in [-0.2, -0.15) is 0 Å². The number of methoxy groups -OCH3 is 1. The van der Waals surface area contributed by atoms with Crippen LogP contribution in [-0.4, -0.2) is 41.9 Å². The maximum Gasteiger partial charge on any atom is 0.275 e. The van der Waals surface area contributed by atoms with Gasteiger partial charge in [-0.1, -0.05) is 42.5 Å². The Morgan fingerprint density at radius 3 is 2.66 bits per heavy atom. The predicted molar refractivity (Wildman–Crippen MR) is 141 cm³/mol. The van der Waals surface area contributed by atoms with Crippen LogP contribution in [0.4, 0.5) is 5.69 Å². The van der Waals surface area contributed by atoms with Crippen LogP contribution in [0.3, 0.4) is 0 Å². The van der Waals surface area contributed by atoms with Crippen molar-refractivity contribution in [1.29, 1.82) is 0 Å². The van der Waals surface area contributed by atoms with E-state index in [1.165, 1.54) is 11.3 Å². The topological polar surface area (TPSA) is 71.5 Å². The van der Waals surface area contributed by atoms with Crippen LogP contribution in [-0.2, 0) is 4.79 Å². The van der Waals surface area contributed by atoms with Gasteiger partial charge in [0.25, 0.3) is 5.91 Å². The largest absolute Gasteiger partial charge is 0.497 e. The van der Waals surface area contributed by atoms with E-state index in [0.717, 1.165) is 48.5 Å². The third-order valence-electron chi connectivity index (χ3n) is 6.27. The lowest BCUT2D eigenvalue weighted by Gasteiger charge is -2.31. The lowest BCUT2D eigenvalue weighted by molar-refractivity contribution is -0.132. The number of thiazole rings is 1. The Morgan fingerprint density at radius 1 is 1.17 bits per heavy atom. The zero-order chi connectivity index (χ0) is 24.6. The lowest BCUT2D eigenvalue weighted by Crippen LogP contribution is -2.37. The molecule has 2 amide bonds. The Morgan fingerprint density at radius 2 is 1.94 bits per heavy atom. The number of nitrogens with zero attached hydrogens (tertiary/aromatic N) is 2. The highest BCUT2D eigenvalue weighted by atomic mass is 32.1. The second kappa shape index (κ2) is 11.8. The lowest BCUT2D eigenvalue weighted by atomic mass is 9.97. The molecule has 4 rings (SSSR count). The minimum Gasteiger partial charge on any atom is -0.497 e. The molecule has 7 heteroatoms. The molecule has 35 heavy (non-hydrogen) atoms. The van der Waals surface area contributed by atoms with Crippen molar-refractivity contribution in [3.8, 4) is 16.9 Å². The van der Waals surface area contributed by atoms with Crippen molar-refractivity contribution in [2.75, 3.05) is 25.5 Å². The van der Waals surface area contributed by atoms with E-state index in [1.807, 2.05) is 77.9 Å². The molecule has 2 heterocycles. The summed E-state index contributed by atoms with van der Waals surface area (Å²) >= 11 is 1.52. The van der Waals surface area contributed by atoms with Crippen LogP contribution in [0.2, 0.25) is 0 Å². The smallest absolute Gasteiger partial charge is 0.275 e. The number of amides is 2. The van der Waals surface area contributed by atoms with E-state index in [-0.39, 0.29) is 17.7 Å². The van der Waals surface area contributed by atoms with Gasteiger partial charge in [0, 0.05) is 42.4 Å². The van der Waals surface area contributed by atoms with Crippen molar-refractivity contribution in [1.82, 2.24) is 9.88 Å². The summed E-state index contributed by atoms with van der Waals surface area (Å²) in [5, 5.41) is 5.81. The fourth-order valence-electron chi connectivity index (χ4n) is 4.30. The number of carbonyl (C=O) groups excluding carboxylic acids is 2. The minimum atomic E-state index is -0.241. The molecule has 0 radical (unpaired) electrons. The number of carbonyl (C=O) groups is 2. The van der Waals surface area contributed by atoms with E-state index >= 15 is 0 Å². The van der Waals surface area contributed by atoms with E-state index in [9.17, 15) is 9.59 Å².